The molecule has 0 bridgehead atoms. The molecule has 2 unspecified atom stereocenters. The maximum Gasteiger partial charge on any atom is 0.240 e. The molecule has 1 aliphatic rings. The quantitative estimate of drug-likeness (QED) is 0.868. The number of piperidine rings is 1. The highest BCUT2D eigenvalue weighted by atomic mass is 32.2. The number of aryl methyl sites for hydroxylation is 1. The highest BCUT2D eigenvalue weighted by Crippen LogP contribution is 2.14. The minimum absolute atomic E-state index is 0.0138. The van der Waals surface area contributed by atoms with Crippen molar-refractivity contribution < 1.29 is 8.42 Å². The van der Waals surface area contributed by atoms with Crippen LogP contribution >= 0.6 is 0 Å². The molecule has 0 amide bonds. The topological polar surface area (TPSA) is 58.2 Å². The Kier molecular flexibility index (Phi) is 4.04. The largest absolute Gasteiger partial charge is 0.315 e. The number of benzene rings is 1. The zero-order valence-corrected chi connectivity index (χ0v) is 11.6. The Balaban J connectivity index is 2.09. The molecule has 5 heteroatoms. The van der Waals surface area contributed by atoms with Gasteiger partial charge in [0.25, 0.3) is 0 Å². The van der Waals surface area contributed by atoms with E-state index in [1.54, 1.807) is 12.1 Å². The van der Waals surface area contributed by atoms with Crippen molar-refractivity contribution >= 4 is 10.0 Å². The van der Waals surface area contributed by atoms with Gasteiger partial charge in [-0.2, -0.15) is 0 Å². The van der Waals surface area contributed by atoms with Gasteiger partial charge in [-0.05, 0) is 37.9 Å². The molecule has 1 heterocycles. The Morgan fingerprint density at radius 1 is 1.22 bits per heavy atom. The fraction of sp³-hybridized carbons (Fsp3) is 0.538. The van der Waals surface area contributed by atoms with E-state index in [0.29, 0.717) is 17.4 Å². The molecule has 0 saturated carbocycles. The van der Waals surface area contributed by atoms with E-state index in [2.05, 4.69) is 17.0 Å². The Bertz CT molecular complexity index is 496. The van der Waals surface area contributed by atoms with E-state index in [1.165, 1.54) is 0 Å². The van der Waals surface area contributed by atoms with Gasteiger partial charge in [-0.3, -0.25) is 0 Å². The van der Waals surface area contributed by atoms with Crippen LogP contribution in [0.4, 0.5) is 0 Å². The summed E-state index contributed by atoms with van der Waals surface area (Å²) in [5.41, 5.74) is 1.06. The van der Waals surface area contributed by atoms with Crippen molar-refractivity contribution in [2.24, 2.45) is 5.92 Å². The molecule has 1 aliphatic heterocycles. The predicted octanol–water partition coefficient (Wildman–Crippen LogP) is 1.27. The summed E-state index contributed by atoms with van der Waals surface area (Å²) in [6, 6.07) is 6.92. The third-order valence-corrected chi connectivity index (χ3v) is 4.76. The third kappa shape index (κ3) is 3.31. The van der Waals surface area contributed by atoms with E-state index in [4.69, 9.17) is 0 Å². The second kappa shape index (κ2) is 5.38. The minimum Gasteiger partial charge on any atom is -0.315 e. The van der Waals surface area contributed by atoms with E-state index in [9.17, 15) is 8.42 Å². The lowest BCUT2D eigenvalue weighted by Gasteiger charge is -2.28. The normalized spacial score (nSPS) is 25.0. The first-order chi connectivity index (χ1) is 8.47. The lowest BCUT2D eigenvalue weighted by molar-refractivity contribution is 0.346. The fourth-order valence-electron chi connectivity index (χ4n) is 2.25. The first-order valence-corrected chi connectivity index (χ1v) is 7.75. The van der Waals surface area contributed by atoms with Crippen LogP contribution < -0.4 is 10.0 Å². The maximum absolute atomic E-state index is 12.2. The van der Waals surface area contributed by atoms with Crippen molar-refractivity contribution in [1.82, 2.24) is 10.0 Å². The summed E-state index contributed by atoms with van der Waals surface area (Å²) in [5, 5.41) is 3.24. The van der Waals surface area contributed by atoms with Gasteiger partial charge in [0.1, 0.15) is 0 Å². The maximum atomic E-state index is 12.2. The molecule has 100 valence electrons. The van der Waals surface area contributed by atoms with Crippen molar-refractivity contribution in [1.29, 1.82) is 0 Å². The van der Waals surface area contributed by atoms with Crippen LogP contribution in [0.5, 0.6) is 0 Å². The van der Waals surface area contributed by atoms with Crippen LogP contribution in [0.25, 0.3) is 0 Å². The van der Waals surface area contributed by atoms with Crippen LogP contribution in [0.1, 0.15) is 18.9 Å². The van der Waals surface area contributed by atoms with Crippen molar-refractivity contribution in [3.05, 3.63) is 29.8 Å². The second-order valence-corrected chi connectivity index (χ2v) is 6.84. The first-order valence-electron chi connectivity index (χ1n) is 6.27. The third-order valence-electron chi connectivity index (χ3n) is 3.22. The molecule has 4 nitrogen and oxygen atoms in total. The van der Waals surface area contributed by atoms with Crippen LogP contribution in [0.3, 0.4) is 0 Å². The molecule has 0 aliphatic carbocycles. The van der Waals surface area contributed by atoms with Crippen molar-refractivity contribution in [3.63, 3.8) is 0 Å². The Labute approximate surface area is 109 Å². The van der Waals surface area contributed by atoms with Crippen molar-refractivity contribution in [2.45, 2.75) is 31.2 Å². The zero-order valence-electron chi connectivity index (χ0n) is 10.8. The number of hydrogen-bond acceptors (Lipinski definition) is 3. The summed E-state index contributed by atoms with van der Waals surface area (Å²) in [7, 11) is -3.39. The summed E-state index contributed by atoms with van der Waals surface area (Å²) < 4.78 is 27.1. The number of nitrogens with one attached hydrogen (secondary N) is 2. The van der Waals surface area contributed by atoms with Crippen LogP contribution in [0.2, 0.25) is 0 Å². The van der Waals surface area contributed by atoms with Crippen LogP contribution in [-0.2, 0) is 10.0 Å². The van der Waals surface area contributed by atoms with Gasteiger partial charge in [0.2, 0.25) is 10.0 Å². The number of rotatable bonds is 3. The van der Waals surface area contributed by atoms with Gasteiger partial charge in [-0.25, -0.2) is 13.1 Å². The van der Waals surface area contributed by atoms with Crippen LogP contribution in [-0.4, -0.2) is 27.5 Å². The predicted molar refractivity (Wildman–Crippen MR) is 71.9 cm³/mol. The standard InChI is InChI=1S/C13H20N2O2S/c1-10-3-5-13(6-4-10)18(16,17)15-12-7-11(2)8-14-9-12/h3-6,11-12,14-15H,7-9H2,1-2H3. The molecule has 1 aromatic carbocycles. The molecule has 1 fully saturated rings. The molecule has 0 aromatic heterocycles. The summed E-state index contributed by atoms with van der Waals surface area (Å²) >= 11 is 0. The molecule has 1 saturated heterocycles. The molecule has 2 N–H and O–H groups in total. The van der Waals surface area contributed by atoms with Gasteiger partial charge < -0.3 is 5.32 Å². The molecule has 0 spiro atoms. The average molecular weight is 268 g/mol. The lowest BCUT2D eigenvalue weighted by Crippen LogP contribution is -2.48. The summed E-state index contributed by atoms with van der Waals surface area (Å²) in [6.45, 7) is 5.73. The Morgan fingerprint density at radius 3 is 2.50 bits per heavy atom. The minimum atomic E-state index is -3.39. The lowest BCUT2D eigenvalue weighted by atomic mass is 9.99. The molecule has 1 aromatic rings. The molecule has 0 radical (unpaired) electrons. The van der Waals surface area contributed by atoms with Gasteiger partial charge in [0.05, 0.1) is 4.90 Å². The van der Waals surface area contributed by atoms with Gasteiger partial charge in [0, 0.05) is 12.6 Å². The number of hydrogen-bond donors (Lipinski definition) is 2. The molecular weight excluding hydrogens is 248 g/mol. The van der Waals surface area contributed by atoms with Gasteiger partial charge >= 0.3 is 0 Å². The van der Waals surface area contributed by atoms with Crippen LogP contribution in [0.15, 0.2) is 29.2 Å². The van der Waals surface area contributed by atoms with Crippen molar-refractivity contribution in [3.8, 4) is 0 Å². The highest BCUT2D eigenvalue weighted by molar-refractivity contribution is 7.89. The molecular formula is C13H20N2O2S. The average Bonchev–Trinajstić information content (AvgIpc) is 2.29. The molecule has 2 atom stereocenters. The Morgan fingerprint density at radius 2 is 1.89 bits per heavy atom. The van der Waals surface area contributed by atoms with E-state index >= 15 is 0 Å². The summed E-state index contributed by atoms with van der Waals surface area (Å²) in [5.74, 6) is 0.504. The Hall–Kier alpha value is -0.910. The first kappa shape index (κ1) is 13.5. The van der Waals surface area contributed by atoms with Gasteiger partial charge in [-0.15, -0.1) is 0 Å². The van der Waals surface area contributed by atoms with E-state index in [0.717, 1.165) is 18.5 Å². The van der Waals surface area contributed by atoms with E-state index < -0.39 is 10.0 Å². The zero-order chi connectivity index (χ0) is 13.2. The second-order valence-electron chi connectivity index (χ2n) is 5.13. The highest BCUT2D eigenvalue weighted by Gasteiger charge is 2.24. The van der Waals surface area contributed by atoms with Crippen molar-refractivity contribution in [2.75, 3.05) is 13.1 Å². The summed E-state index contributed by atoms with van der Waals surface area (Å²) in [6.07, 6.45) is 0.887. The molecule has 18 heavy (non-hydrogen) atoms. The fourth-order valence-corrected chi connectivity index (χ4v) is 3.50. The van der Waals surface area contributed by atoms with Gasteiger partial charge in [0.15, 0.2) is 0 Å². The summed E-state index contributed by atoms with van der Waals surface area (Å²) in [4.78, 5) is 0.339. The molecule has 2 rings (SSSR count). The van der Waals surface area contributed by atoms with Crippen LogP contribution in [0, 0.1) is 12.8 Å². The monoisotopic (exact) mass is 268 g/mol. The van der Waals surface area contributed by atoms with E-state index in [-0.39, 0.29) is 6.04 Å². The number of sulfonamides is 1. The SMILES string of the molecule is Cc1ccc(S(=O)(=O)NC2CNCC(C)C2)cc1. The van der Waals surface area contributed by atoms with Gasteiger partial charge in [-0.1, -0.05) is 24.6 Å². The van der Waals surface area contributed by atoms with E-state index in [1.807, 2.05) is 19.1 Å². The smallest absolute Gasteiger partial charge is 0.240 e.